The lowest BCUT2D eigenvalue weighted by Gasteiger charge is -2.48. The maximum absolute atomic E-state index is 17.1. The van der Waals surface area contributed by atoms with Crippen LogP contribution in [0, 0.1) is 46.9 Å². The van der Waals surface area contributed by atoms with E-state index in [0.717, 1.165) is 32.4 Å². The summed E-state index contributed by atoms with van der Waals surface area (Å²) in [6.45, 7) is 10.7. The number of rotatable bonds is 14. The Morgan fingerprint density at radius 3 is 2.41 bits per heavy atom. The lowest BCUT2D eigenvalue weighted by Crippen LogP contribution is -2.58. The van der Waals surface area contributed by atoms with Crippen molar-refractivity contribution in [3.63, 3.8) is 0 Å². The first-order valence-electron chi connectivity index (χ1n) is 27.2. The molecule has 0 saturated carbocycles. The van der Waals surface area contributed by atoms with Crippen molar-refractivity contribution < 1.29 is 46.6 Å². The summed E-state index contributed by atoms with van der Waals surface area (Å²) in [4.78, 5) is 50.3. The first-order chi connectivity index (χ1) is 38.5. The minimum atomic E-state index is -0.948. The Labute approximate surface area is 459 Å². The average Bonchev–Trinajstić information content (AvgIpc) is 4.35. The van der Waals surface area contributed by atoms with Gasteiger partial charge in [-0.25, -0.2) is 17.6 Å². The van der Waals surface area contributed by atoms with E-state index >= 15 is 8.78 Å². The number of fused-ring (bicyclic) bond motifs is 4. The molecule has 5 saturated heterocycles. The smallest absolute Gasteiger partial charge is 0.319 e. The fourth-order valence-corrected chi connectivity index (χ4v) is 12.8. The molecule has 2 bridgehead atoms. The molecule has 1 spiro atoms. The molecule has 6 atom stereocenters. The number of amides is 2. The number of halogens is 4. The van der Waals surface area contributed by atoms with Gasteiger partial charge in [0.05, 0.1) is 28.7 Å². The Morgan fingerprint density at radius 1 is 0.938 bits per heavy atom. The molecule has 16 nitrogen and oxygen atoms in total. The van der Waals surface area contributed by atoms with Gasteiger partial charge in [0, 0.05) is 92.9 Å². The Balaban J connectivity index is 0.693. The second-order valence-electron chi connectivity index (χ2n) is 22.6. The molecule has 12 rings (SSSR count). The SMILES string of the molecule is C#Cc1c(F)ccc2cc(O)cc(-c3ncc4c(N5CC6CCC(C5)N6)nc(OCCN5CCC6(C5)CN(c5cc([C@H](C(=O)N7C[C@H](O)C[C@H]7C(=O)N[C@@H](C)c7ccc(-c8c(F)cccc8F)cc7)C(C)C)on5)C6)nc4c3F)c12. The quantitative estimate of drug-likeness (QED) is 0.0610. The molecule has 0 aliphatic carbocycles. The van der Waals surface area contributed by atoms with Crippen LogP contribution in [0.1, 0.15) is 75.3 Å². The monoisotopic (exact) mass is 1090 g/mol. The van der Waals surface area contributed by atoms with Crippen LogP contribution >= 0.6 is 0 Å². The van der Waals surface area contributed by atoms with Crippen molar-refractivity contribution in [2.24, 2.45) is 11.3 Å². The van der Waals surface area contributed by atoms with Crippen LogP contribution in [0.3, 0.4) is 0 Å². The molecule has 2 amide bonds. The van der Waals surface area contributed by atoms with Crippen molar-refractivity contribution in [1.29, 1.82) is 0 Å². The molecule has 5 aliphatic heterocycles. The molecule has 7 aromatic rings. The van der Waals surface area contributed by atoms with Gasteiger partial charge in [-0.3, -0.25) is 19.5 Å². The van der Waals surface area contributed by atoms with E-state index in [0.29, 0.717) is 72.0 Å². The Kier molecular flexibility index (Phi) is 13.9. The van der Waals surface area contributed by atoms with Crippen molar-refractivity contribution in [2.75, 3.05) is 68.8 Å². The van der Waals surface area contributed by atoms with Gasteiger partial charge in [-0.05, 0) is 85.5 Å². The molecule has 5 fully saturated rings. The van der Waals surface area contributed by atoms with Gasteiger partial charge < -0.3 is 44.8 Å². The second-order valence-corrected chi connectivity index (χ2v) is 22.6. The number of anilines is 2. The molecule has 8 heterocycles. The van der Waals surface area contributed by atoms with Crippen molar-refractivity contribution >= 4 is 45.1 Å². The number of carbonyl (C=O) groups is 2. The molecule has 80 heavy (non-hydrogen) atoms. The number of aromatic nitrogens is 4. The van der Waals surface area contributed by atoms with E-state index in [9.17, 15) is 28.6 Å². The highest BCUT2D eigenvalue weighted by Crippen LogP contribution is 2.44. The fourth-order valence-electron chi connectivity index (χ4n) is 12.8. The number of phenols is 1. The van der Waals surface area contributed by atoms with Gasteiger partial charge in [0.25, 0.3) is 0 Å². The summed E-state index contributed by atoms with van der Waals surface area (Å²) in [7, 11) is 0. The molecular formula is C60H60F4N10O6. The van der Waals surface area contributed by atoms with Crippen LogP contribution in [0.2, 0.25) is 0 Å². The van der Waals surface area contributed by atoms with Crippen LogP contribution in [0.15, 0.2) is 83.5 Å². The first kappa shape index (κ1) is 52.8. The number of likely N-dealkylation sites (tertiary alicyclic amines) is 2. The first-order valence-corrected chi connectivity index (χ1v) is 27.2. The minimum absolute atomic E-state index is 0.00513. The van der Waals surface area contributed by atoms with Crippen LogP contribution in [0.5, 0.6) is 11.8 Å². The van der Waals surface area contributed by atoms with E-state index in [-0.39, 0.29) is 93.9 Å². The number of aromatic hydroxyl groups is 1. The van der Waals surface area contributed by atoms with Crippen LogP contribution in [-0.4, -0.2) is 135 Å². The molecule has 4 aromatic carbocycles. The third-order valence-electron chi connectivity index (χ3n) is 16.8. The lowest BCUT2D eigenvalue weighted by atomic mass is 9.79. The van der Waals surface area contributed by atoms with Gasteiger partial charge in [0.2, 0.25) is 11.8 Å². The van der Waals surface area contributed by atoms with Crippen molar-refractivity contribution in [3.8, 4) is 46.5 Å². The highest BCUT2D eigenvalue weighted by Gasteiger charge is 2.49. The van der Waals surface area contributed by atoms with Gasteiger partial charge in [-0.15, -0.1) is 6.42 Å². The number of carbonyl (C=O) groups excluding carboxylic acids is 2. The standard InChI is InChI=1S/C60H60F4N10O6/c1-5-41-44(61)16-13-36-21-39(75)22-42(51(36)41)54-53(64)55-43(25-65-54)56(72-26-37-14-15-38(27-72)67-37)69-59(68-55)79-20-19-71-18-17-60(29-71)30-73(31-60)49-24-48(80-70-49)50(32(2)3)58(78)74-28-40(76)23-47(74)57(77)66-33(4)34-9-11-35(12-10-34)52-45(62)7-6-8-46(52)63/h1,6-13,16,21-22,24-25,32-33,37-38,40,47,50,67,75-76H,14-15,17-20,23,26-31H2,2-4H3,(H,66,77)/t33-,37?,38?,40+,47-,50+/m0/s1. The predicted molar refractivity (Wildman–Crippen MR) is 292 cm³/mol. The number of hydrogen-bond donors (Lipinski definition) is 4. The van der Waals surface area contributed by atoms with E-state index in [1.54, 1.807) is 37.3 Å². The second kappa shape index (κ2) is 21.0. The van der Waals surface area contributed by atoms with E-state index in [1.807, 2.05) is 13.8 Å². The van der Waals surface area contributed by atoms with Gasteiger partial charge in [0.15, 0.2) is 17.4 Å². The molecule has 4 N–H and O–H groups in total. The van der Waals surface area contributed by atoms with E-state index in [2.05, 4.69) is 46.4 Å². The summed E-state index contributed by atoms with van der Waals surface area (Å²) < 4.78 is 73.3. The number of benzene rings is 4. The van der Waals surface area contributed by atoms with Gasteiger partial charge in [-0.1, -0.05) is 61.3 Å². The van der Waals surface area contributed by atoms with E-state index in [1.165, 1.54) is 53.6 Å². The lowest BCUT2D eigenvalue weighted by molar-refractivity contribution is -0.141. The molecule has 414 valence electrons. The van der Waals surface area contributed by atoms with Gasteiger partial charge in [-0.2, -0.15) is 9.97 Å². The Hall–Kier alpha value is -7.86. The number of aliphatic hydroxyl groups is 1. The van der Waals surface area contributed by atoms with Crippen molar-refractivity contribution in [2.45, 2.75) is 82.6 Å². The maximum Gasteiger partial charge on any atom is 0.319 e. The number of ether oxygens (including phenoxy) is 1. The van der Waals surface area contributed by atoms with Crippen LogP contribution in [0.4, 0.5) is 29.2 Å². The number of nitrogens with one attached hydrogen (secondary N) is 2. The largest absolute Gasteiger partial charge is 0.508 e. The van der Waals surface area contributed by atoms with Crippen LogP contribution in [-0.2, 0) is 9.59 Å². The van der Waals surface area contributed by atoms with E-state index in [4.69, 9.17) is 20.7 Å². The van der Waals surface area contributed by atoms with E-state index < -0.39 is 53.3 Å². The summed E-state index contributed by atoms with van der Waals surface area (Å²) in [6.07, 6.45) is 9.37. The Morgan fingerprint density at radius 2 is 1.69 bits per heavy atom. The third kappa shape index (κ3) is 9.78. The Bertz CT molecular complexity index is 3570. The molecule has 5 aliphatic rings. The summed E-state index contributed by atoms with van der Waals surface area (Å²) in [5, 5.41) is 33.6. The fraction of sp³-hybridized carbons (Fsp3) is 0.400. The highest BCUT2D eigenvalue weighted by atomic mass is 19.1. The zero-order valence-corrected chi connectivity index (χ0v) is 44.4. The number of piperazine rings is 1. The minimum Gasteiger partial charge on any atom is -0.508 e. The summed E-state index contributed by atoms with van der Waals surface area (Å²) in [5.41, 5.74) is 0.759. The number of terminal acetylenes is 1. The molecule has 2 unspecified atom stereocenters. The number of pyridine rings is 1. The average molecular weight is 1090 g/mol. The normalized spacial score (nSPS) is 21.4. The predicted octanol–water partition coefficient (Wildman–Crippen LogP) is 7.85. The van der Waals surface area contributed by atoms with Crippen molar-refractivity contribution in [3.05, 3.63) is 119 Å². The number of phenolic OH excluding ortho intramolecular Hbond substituents is 1. The highest BCUT2D eigenvalue weighted by molar-refractivity contribution is 6.03. The molecule has 0 radical (unpaired) electrons. The maximum atomic E-state index is 17.1. The van der Waals surface area contributed by atoms with Gasteiger partial charge >= 0.3 is 6.01 Å². The zero-order chi connectivity index (χ0) is 55.7. The number of hydrogen-bond acceptors (Lipinski definition) is 14. The molecular weight excluding hydrogens is 1030 g/mol. The van der Waals surface area contributed by atoms with Gasteiger partial charge in [0.1, 0.15) is 58.8 Å². The van der Waals surface area contributed by atoms with Crippen molar-refractivity contribution in [1.82, 2.24) is 40.5 Å². The van der Waals surface area contributed by atoms with Crippen LogP contribution < -0.4 is 25.2 Å². The number of aliphatic hydroxyl groups excluding tert-OH is 1. The summed E-state index contributed by atoms with van der Waals surface area (Å²) in [6, 6.07) is 16.5. The molecule has 3 aromatic heterocycles. The third-order valence-corrected chi connectivity index (χ3v) is 16.8. The topological polar surface area (TPSA) is 186 Å². The van der Waals surface area contributed by atoms with Crippen LogP contribution in [0.25, 0.3) is 44.1 Å². The summed E-state index contributed by atoms with van der Waals surface area (Å²) >= 11 is 0. The summed E-state index contributed by atoms with van der Waals surface area (Å²) in [5.74, 6) is -0.929. The number of nitrogens with zero attached hydrogens (tertiary/aromatic N) is 8. The number of β-amino-alcohol motifs (C(OH)–C–C–N with tert-alkyl or cyclic N) is 1. The molecule has 20 heteroatoms. The zero-order valence-electron chi connectivity index (χ0n) is 44.4.